The third-order valence-electron chi connectivity index (χ3n) is 3.23. The highest BCUT2D eigenvalue weighted by molar-refractivity contribution is 14.1. The average molecular weight is 488 g/mol. The molecule has 3 aromatic rings. The van der Waals surface area contributed by atoms with Gasteiger partial charge >= 0.3 is 0 Å². The summed E-state index contributed by atoms with van der Waals surface area (Å²) in [5.74, 6) is -0.252. The fourth-order valence-electron chi connectivity index (χ4n) is 2.05. The summed E-state index contributed by atoms with van der Waals surface area (Å²) >= 11 is 14.9. The van der Waals surface area contributed by atoms with Gasteiger partial charge in [-0.15, -0.1) is 0 Å². The maximum absolute atomic E-state index is 12.2. The van der Waals surface area contributed by atoms with Gasteiger partial charge < -0.3 is 5.32 Å². The molecule has 0 aliphatic heterocycles. The van der Waals surface area contributed by atoms with Crippen molar-refractivity contribution in [3.63, 3.8) is 0 Å². The van der Waals surface area contributed by atoms with E-state index in [0.29, 0.717) is 15.7 Å². The number of rotatable bonds is 2. The van der Waals surface area contributed by atoms with Crippen molar-refractivity contribution in [2.75, 3.05) is 5.32 Å². The molecule has 0 spiro atoms. The van der Waals surface area contributed by atoms with Crippen LogP contribution in [0.5, 0.6) is 0 Å². The molecule has 0 aliphatic rings. The summed E-state index contributed by atoms with van der Waals surface area (Å²) in [7, 11) is 0. The standard InChI is InChI=1S/C16H11ClIN3OS2/c1-8-6-13-12(7-10(8)17)19-16(24-13)21-15(23)20-14(22)9-4-2-3-5-11(9)18/h2-7H,1H3,(H2,19,20,21,22,23). The first-order valence-electron chi connectivity index (χ1n) is 6.87. The third-order valence-corrected chi connectivity index (χ3v) is 5.72. The van der Waals surface area contributed by atoms with E-state index >= 15 is 0 Å². The molecule has 0 bridgehead atoms. The Morgan fingerprint density at radius 2 is 2.08 bits per heavy atom. The molecule has 0 unspecified atom stereocenters. The van der Waals surface area contributed by atoms with Crippen LogP contribution >= 0.6 is 57.7 Å². The highest BCUT2D eigenvalue weighted by Crippen LogP contribution is 2.30. The molecule has 4 nitrogen and oxygen atoms in total. The smallest absolute Gasteiger partial charge is 0.258 e. The lowest BCUT2D eigenvalue weighted by molar-refractivity contribution is 0.0977. The normalized spacial score (nSPS) is 10.6. The Morgan fingerprint density at radius 1 is 1.33 bits per heavy atom. The zero-order valence-corrected chi connectivity index (χ0v) is 16.9. The summed E-state index contributed by atoms with van der Waals surface area (Å²) in [6, 6.07) is 11.1. The molecule has 0 saturated carbocycles. The van der Waals surface area contributed by atoms with E-state index in [1.165, 1.54) is 11.3 Å². The van der Waals surface area contributed by atoms with Crippen LogP contribution < -0.4 is 10.6 Å². The van der Waals surface area contributed by atoms with Gasteiger partial charge in [0, 0.05) is 8.59 Å². The summed E-state index contributed by atoms with van der Waals surface area (Å²) in [4.78, 5) is 16.7. The fourth-order valence-corrected chi connectivity index (χ4v) is 4.04. The Hall–Kier alpha value is -1.29. The first-order valence-corrected chi connectivity index (χ1v) is 9.56. The Morgan fingerprint density at radius 3 is 2.83 bits per heavy atom. The van der Waals surface area contributed by atoms with Crippen LogP contribution in [0.3, 0.4) is 0 Å². The number of hydrogen-bond donors (Lipinski definition) is 2. The number of carbonyl (C=O) groups excluding carboxylic acids is 1. The second-order valence-electron chi connectivity index (χ2n) is 4.98. The van der Waals surface area contributed by atoms with Gasteiger partial charge in [0.2, 0.25) is 0 Å². The number of thiocarbonyl (C=S) groups is 1. The second-order valence-corrected chi connectivity index (χ2v) is 7.98. The van der Waals surface area contributed by atoms with Crippen LogP contribution in [-0.2, 0) is 0 Å². The zero-order chi connectivity index (χ0) is 17.3. The number of thiazole rings is 1. The number of nitrogens with zero attached hydrogens (tertiary/aromatic N) is 1. The molecule has 1 aromatic heterocycles. The van der Waals surface area contributed by atoms with Crippen LogP contribution in [0.15, 0.2) is 36.4 Å². The van der Waals surface area contributed by atoms with E-state index in [-0.39, 0.29) is 11.0 Å². The van der Waals surface area contributed by atoms with Crippen molar-refractivity contribution in [2.45, 2.75) is 6.92 Å². The van der Waals surface area contributed by atoms with Gasteiger partial charge in [-0.05, 0) is 71.6 Å². The third kappa shape index (κ3) is 3.85. The van der Waals surface area contributed by atoms with Crippen molar-refractivity contribution in [3.05, 3.63) is 56.1 Å². The van der Waals surface area contributed by atoms with Crippen LogP contribution in [-0.4, -0.2) is 16.0 Å². The zero-order valence-electron chi connectivity index (χ0n) is 12.4. The first kappa shape index (κ1) is 17.5. The van der Waals surface area contributed by atoms with Gasteiger partial charge in [0.15, 0.2) is 10.2 Å². The number of fused-ring (bicyclic) bond motifs is 1. The second kappa shape index (κ2) is 7.30. The Bertz CT molecular complexity index is 919. The van der Waals surface area contributed by atoms with Gasteiger partial charge in [-0.1, -0.05) is 35.1 Å². The summed E-state index contributed by atoms with van der Waals surface area (Å²) in [5, 5.41) is 7.12. The Labute approximate surface area is 166 Å². The molecule has 3 rings (SSSR count). The molecule has 1 heterocycles. The minimum atomic E-state index is -0.252. The van der Waals surface area contributed by atoms with E-state index in [1.54, 1.807) is 6.07 Å². The molecular formula is C16H11ClIN3OS2. The molecule has 0 atom stereocenters. The molecule has 2 aromatic carbocycles. The maximum Gasteiger partial charge on any atom is 0.258 e. The summed E-state index contributed by atoms with van der Waals surface area (Å²) in [6.45, 7) is 1.95. The molecule has 1 amide bonds. The minimum absolute atomic E-state index is 0.210. The maximum atomic E-state index is 12.2. The first-order chi connectivity index (χ1) is 11.4. The SMILES string of the molecule is Cc1cc2sc(NC(=S)NC(=O)c3ccccc3I)nc2cc1Cl. The molecule has 0 fully saturated rings. The lowest BCUT2D eigenvalue weighted by Crippen LogP contribution is -2.34. The predicted molar refractivity (Wildman–Crippen MR) is 112 cm³/mol. The summed E-state index contributed by atoms with van der Waals surface area (Å²) in [6.07, 6.45) is 0. The highest BCUT2D eigenvalue weighted by Gasteiger charge is 2.12. The van der Waals surface area contributed by atoms with Crippen molar-refractivity contribution in [3.8, 4) is 0 Å². The van der Waals surface area contributed by atoms with Gasteiger partial charge in [0.1, 0.15) is 0 Å². The van der Waals surface area contributed by atoms with Crippen LogP contribution in [0.4, 0.5) is 5.13 Å². The van der Waals surface area contributed by atoms with Gasteiger partial charge in [0.05, 0.1) is 15.8 Å². The quantitative estimate of drug-likeness (QED) is 0.395. The van der Waals surface area contributed by atoms with Crippen LogP contribution in [0.25, 0.3) is 10.2 Å². The Kier molecular flexibility index (Phi) is 5.33. The molecule has 0 radical (unpaired) electrons. The fraction of sp³-hybridized carbons (Fsp3) is 0.0625. The van der Waals surface area contributed by atoms with Crippen molar-refractivity contribution in [2.24, 2.45) is 0 Å². The summed E-state index contributed by atoms with van der Waals surface area (Å²) < 4.78 is 1.87. The van der Waals surface area contributed by atoms with Gasteiger partial charge in [-0.2, -0.15) is 0 Å². The van der Waals surface area contributed by atoms with Crippen LogP contribution in [0.2, 0.25) is 5.02 Å². The van der Waals surface area contributed by atoms with E-state index in [4.69, 9.17) is 23.8 Å². The molecule has 2 N–H and O–H groups in total. The number of carbonyl (C=O) groups is 1. The number of aryl methyl sites for hydroxylation is 1. The molecule has 24 heavy (non-hydrogen) atoms. The molecule has 122 valence electrons. The monoisotopic (exact) mass is 487 g/mol. The molecular weight excluding hydrogens is 477 g/mol. The van der Waals surface area contributed by atoms with E-state index in [2.05, 4.69) is 38.2 Å². The predicted octanol–water partition coefficient (Wildman–Crippen LogP) is 4.99. The number of aromatic nitrogens is 1. The number of halogens is 2. The van der Waals surface area contributed by atoms with Crippen LogP contribution in [0.1, 0.15) is 15.9 Å². The number of anilines is 1. The summed E-state index contributed by atoms with van der Waals surface area (Å²) in [5.41, 5.74) is 2.37. The van der Waals surface area contributed by atoms with Gasteiger partial charge in [0.25, 0.3) is 5.91 Å². The van der Waals surface area contributed by atoms with Crippen molar-refractivity contribution >= 4 is 84.1 Å². The van der Waals surface area contributed by atoms with Crippen molar-refractivity contribution in [1.29, 1.82) is 0 Å². The van der Waals surface area contributed by atoms with Gasteiger partial charge in [-0.25, -0.2) is 4.98 Å². The van der Waals surface area contributed by atoms with Gasteiger partial charge in [-0.3, -0.25) is 10.1 Å². The van der Waals surface area contributed by atoms with E-state index < -0.39 is 0 Å². The lowest BCUT2D eigenvalue weighted by atomic mass is 10.2. The Balaban J connectivity index is 1.73. The lowest BCUT2D eigenvalue weighted by Gasteiger charge is -2.08. The highest BCUT2D eigenvalue weighted by atomic mass is 127. The molecule has 0 saturated heterocycles. The van der Waals surface area contributed by atoms with E-state index in [1.807, 2.05) is 37.3 Å². The molecule has 8 heteroatoms. The number of nitrogens with one attached hydrogen (secondary N) is 2. The van der Waals surface area contributed by atoms with Crippen molar-refractivity contribution in [1.82, 2.24) is 10.3 Å². The molecule has 0 aliphatic carbocycles. The van der Waals surface area contributed by atoms with Crippen molar-refractivity contribution < 1.29 is 4.79 Å². The number of amides is 1. The number of hydrogen-bond acceptors (Lipinski definition) is 4. The van der Waals surface area contributed by atoms with Crippen LogP contribution in [0, 0.1) is 10.5 Å². The minimum Gasteiger partial charge on any atom is -0.308 e. The number of benzene rings is 2. The average Bonchev–Trinajstić information content (AvgIpc) is 2.88. The van der Waals surface area contributed by atoms with E-state index in [0.717, 1.165) is 19.4 Å². The topological polar surface area (TPSA) is 54.0 Å². The largest absolute Gasteiger partial charge is 0.308 e. The van der Waals surface area contributed by atoms with E-state index in [9.17, 15) is 4.79 Å².